The van der Waals surface area contributed by atoms with Gasteiger partial charge in [-0.25, -0.2) is 0 Å². The molecule has 0 aromatic carbocycles. The van der Waals surface area contributed by atoms with E-state index in [0.29, 0.717) is 12.8 Å². The lowest BCUT2D eigenvalue weighted by molar-refractivity contribution is -0.142. The number of rotatable bonds is 7. The fourth-order valence-electron chi connectivity index (χ4n) is 1.37. The summed E-state index contributed by atoms with van der Waals surface area (Å²) < 4.78 is 15.0. The molecule has 0 aromatic rings. The van der Waals surface area contributed by atoms with Crippen molar-refractivity contribution in [1.29, 1.82) is 0 Å². The number of carbonyl (C=O) groups excluding carboxylic acids is 1. The third kappa shape index (κ3) is 4.80. The zero-order valence-corrected chi connectivity index (χ0v) is 12.2. The van der Waals surface area contributed by atoms with Crippen LogP contribution in [0.2, 0.25) is 0 Å². The maximum atomic E-state index is 11.1. The molecule has 0 N–H and O–H groups in total. The van der Waals surface area contributed by atoms with Crippen LogP contribution in [0, 0.1) is 5.41 Å². The summed E-state index contributed by atoms with van der Waals surface area (Å²) in [7, 11) is 4.59. The molecule has 4 nitrogen and oxygen atoms in total. The third-order valence-electron chi connectivity index (χ3n) is 2.65. The van der Waals surface area contributed by atoms with Gasteiger partial charge in [-0.3, -0.25) is 4.79 Å². The van der Waals surface area contributed by atoms with Gasteiger partial charge in [-0.2, -0.15) is 0 Å². The first-order valence-electron chi connectivity index (χ1n) is 5.15. The van der Waals surface area contributed by atoms with Crippen LogP contribution in [-0.2, 0) is 19.0 Å². The first-order chi connectivity index (χ1) is 7.38. The minimum Gasteiger partial charge on any atom is -0.469 e. The minimum atomic E-state index is -0.326. The maximum Gasteiger partial charge on any atom is 0.305 e. The molecular formula is C11H21BrO4. The van der Waals surface area contributed by atoms with Gasteiger partial charge in [-0.05, 0) is 11.8 Å². The Morgan fingerprint density at radius 2 is 1.75 bits per heavy atom. The molecule has 0 fully saturated rings. The molecule has 0 saturated heterocycles. The first-order valence-corrected chi connectivity index (χ1v) is 6.07. The molecular weight excluding hydrogens is 276 g/mol. The van der Waals surface area contributed by atoms with Crippen molar-refractivity contribution < 1.29 is 19.0 Å². The van der Waals surface area contributed by atoms with E-state index < -0.39 is 0 Å². The molecule has 1 unspecified atom stereocenters. The van der Waals surface area contributed by atoms with E-state index in [0.717, 1.165) is 0 Å². The Morgan fingerprint density at radius 3 is 2.12 bits per heavy atom. The van der Waals surface area contributed by atoms with Crippen LogP contribution >= 0.6 is 15.9 Å². The van der Waals surface area contributed by atoms with Crippen LogP contribution in [0.4, 0.5) is 0 Å². The van der Waals surface area contributed by atoms with Gasteiger partial charge in [-0.15, -0.1) is 0 Å². The molecule has 16 heavy (non-hydrogen) atoms. The second-order valence-corrected chi connectivity index (χ2v) is 5.29. The lowest BCUT2D eigenvalue weighted by atomic mass is 9.84. The number of ether oxygens (including phenoxy) is 3. The van der Waals surface area contributed by atoms with Crippen LogP contribution in [0.5, 0.6) is 0 Å². The van der Waals surface area contributed by atoms with E-state index in [1.54, 1.807) is 14.2 Å². The van der Waals surface area contributed by atoms with E-state index in [4.69, 9.17) is 9.47 Å². The van der Waals surface area contributed by atoms with Crippen molar-refractivity contribution >= 4 is 21.9 Å². The Kier molecular flexibility index (Phi) is 7.19. The van der Waals surface area contributed by atoms with Crippen LogP contribution < -0.4 is 0 Å². The quantitative estimate of drug-likeness (QED) is 0.411. The van der Waals surface area contributed by atoms with Gasteiger partial charge in [-0.1, -0.05) is 29.8 Å². The van der Waals surface area contributed by atoms with Crippen LogP contribution in [0.15, 0.2) is 0 Å². The van der Waals surface area contributed by atoms with E-state index >= 15 is 0 Å². The number of methoxy groups -OCH3 is 3. The molecule has 0 aliphatic heterocycles. The monoisotopic (exact) mass is 296 g/mol. The number of alkyl halides is 1. The van der Waals surface area contributed by atoms with Crippen molar-refractivity contribution in [3.8, 4) is 0 Å². The third-order valence-corrected chi connectivity index (χ3v) is 4.32. The summed E-state index contributed by atoms with van der Waals surface area (Å²) >= 11 is 3.56. The standard InChI is InChI=1S/C11H21BrO4/c1-11(2,7-6-8(13)14-3)9(12)10(15-4)16-5/h9-10H,6-7H2,1-5H3. The predicted molar refractivity (Wildman–Crippen MR) is 65.6 cm³/mol. The van der Waals surface area contributed by atoms with E-state index in [-0.39, 0.29) is 22.5 Å². The molecule has 0 aliphatic carbocycles. The summed E-state index contributed by atoms with van der Waals surface area (Å²) in [5.41, 5.74) is -0.120. The molecule has 0 aromatic heterocycles. The number of esters is 1. The molecule has 0 spiro atoms. The van der Waals surface area contributed by atoms with Crippen molar-refractivity contribution in [3.63, 3.8) is 0 Å². The van der Waals surface area contributed by atoms with Crippen LogP contribution in [0.3, 0.4) is 0 Å². The van der Waals surface area contributed by atoms with E-state index in [1.807, 2.05) is 0 Å². The largest absolute Gasteiger partial charge is 0.469 e. The van der Waals surface area contributed by atoms with Gasteiger partial charge in [0.2, 0.25) is 0 Å². The van der Waals surface area contributed by atoms with Gasteiger partial charge in [0.25, 0.3) is 0 Å². The lowest BCUT2D eigenvalue weighted by Crippen LogP contribution is -2.37. The van der Waals surface area contributed by atoms with Crippen molar-refractivity contribution in [2.45, 2.75) is 37.8 Å². The predicted octanol–water partition coefficient (Wildman–Crippen LogP) is 2.35. The number of hydrogen-bond donors (Lipinski definition) is 0. The Bertz CT molecular complexity index is 214. The van der Waals surface area contributed by atoms with Gasteiger partial charge in [0, 0.05) is 20.6 Å². The van der Waals surface area contributed by atoms with Gasteiger partial charge in [0.1, 0.15) is 0 Å². The fourth-order valence-corrected chi connectivity index (χ4v) is 2.03. The second-order valence-electron chi connectivity index (χ2n) is 4.31. The zero-order valence-electron chi connectivity index (χ0n) is 10.6. The van der Waals surface area contributed by atoms with Crippen molar-refractivity contribution in [1.82, 2.24) is 0 Å². The highest BCUT2D eigenvalue weighted by molar-refractivity contribution is 9.09. The molecule has 1 atom stereocenters. The first kappa shape index (κ1) is 15.9. The summed E-state index contributed by atoms with van der Waals surface area (Å²) in [5.74, 6) is -0.195. The average molecular weight is 297 g/mol. The molecule has 96 valence electrons. The van der Waals surface area contributed by atoms with Crippen LogP contribution in [0.25, 0.3) is 0 Å². The molecule has 5 heteroatoms. The molecule has 0 heterocycles. The number of carbonyl (C=O) groups is 1. The summed E-state index contributed by atoms with van der Waals surface area (Å²) in [6.07, 6.45) is 0.775. The molecule has 0 rings (SSSR count). The van der Waals surface area contributed by atoms with Gasteiger partial charge >= 0.3 is 5.97 Å². The normalized spacial score (nSPS) is 13.9. The molecule has 0 radical (unpaired) electrons. The fraction of sp³-hybridized carbons (Fsp3) is 0.909. The van der Waals surface area contributed by atoms with Crippen LogP contribution in [-0.4, -0.2) is 38.4 Å². The smallest absolute Gasteiger partial charge is 0.305 e. The van der Waals surface area contributed by atoms with Crippen LogP contribution in [0.1, 0.15) is 26.7 Å². The summed E-state index contributed by atoms with van der Waals surface area (Å²) in [5, 5.41) is 0. The Balaban J connectivity index is 4.34. The van der Waals surface area contributed by atoms with Gasteiger partial charge < -0.3 is 14.2 Å². The summed E-state index contributed by atoms with van der Waals surface area (Å²) in [6, 6.07) is 0. The zero-order chi connectivity index (χ0) is 12.8. The van der Waals surface area contributed by atoms with E-state index in [1.165, 1.54) is 7.11 Å². The lowest BCUT2D eigenvalue weighted by Gasteiger charge is -2.34. The second kappa shape index (κ2) is 7.25. The highest BCUT2D eigenvalue weighted by Crippen LogP contribution is 2.35. The van der Waals surface area contributed by atoms with Crippen molar-refractivity contribution in [2.75, 3.05) is 21.3 Å². The minimum absolute atomic E-state index is 0.0136. The maximum absolute atomic E-state index is 11.1. The summed E-state index contributed by atoms with van der Waals surface area (Å²) in [4.78, 5) is 11.1. The Morgan fingerprint density at radius 1 is 1.25 bits per heavy atom. The molecule has 0 amide bonds. The Labute approximate surface area is 106 Å². The Hall–Kier alpha value is -0.130. The van der Waals surface area contributed by atoms with Gasteiger partial charge in [0.15, 0.2) is 6.29 Å². The average Bonchev–Trinajstić information content (AvgIpc) is 2.27. The van der Waals surface area contributed by atoms with Crippen molar-refractivity contribution in [3.05, 3.63) is 0 Å². The van der Waals surface area contributed by atoms with Gasteiger partial charge in [0.05, 0.1) is 11.9 Å². The topological polar surface area (TPSA) is 44.8 Å². The molecule has 0 saturated carbocycles. The highest BCUT2D eigenvalue weighted by Gasteiger charge is 2.34. The molecule has 0 aliphatic rings. The van der Waals surface area contributed by atoms with E-state index in [9.17, 15) is 4.79 Å². The van der Waals surface area contributed by atoms with E-state index in [2.05, 4.69) is 34.5 Å². The number of halogens is 1. The number of hydrogen-bond acceptors (Lipinski definition) is 4. The summed E-state index contributed by atoms with van der Waals surface area (Å²) in [6.45, 7) is 4.11. The van der Waals surface area contributed by atoms with Crippen molar-refractivity contribution in [2.24, 2.45) is 5.41 Å². The molecule has 0 bridgehead atoms. The highest BCUT2D eigenvalue weighted by atomic mass is 79.9. The SMILES string of the molecule is COC(=O)CCC(C)(C)C(Br)C(OC)OC.